The van der Waals surface area contributed by atoms with E-state index in [4.69, 9.17) is 5.73 Å². The second-order valence-corrected chi connectivity index (χ2v) is 6.04. The van der Waals surface area contributed by atoms with Gasteiger partial charge in [-0.1, -0.05) is 44.0 Å². The molecule has 5 heteroatoms. The smallest absolute Gasteiger partial charge is 0.129 e. The van der Waals surface area contributed by atoms with Gasteiger partial charge in [-0.25, -0.2) is 8.78 Å². The molecule has 0 aliphatic carbocycles. The summed E-state index contributed by atoms with van der Waals surface area (Å²) in [6, 6.07) is 8.87. The van der Waals surface area contributed by atoms with Crippen LogP contribution in [-0.2, 0) is 6.42 Å². The molecule has 2 N–H and O–H groups in total. The molecule has 1 atom stereocenters. The highest BCUT2D eigenvalue weighted by molar-refractivity contribution is 9.10. The summed E-state index contributed by atoms with van der Waals surface area (Å²) in [4.78, 5) is 0. The van der Waals surface area contributed by atoms with Gasteiger partial charge < -0.3 is 5.73 Å². The van der Waals surface area contributed by atoms with Gasteiger partial charge in [-0.15, -0.1) is 0 Å². The molecular weight excluding hydrogens is 380 g/mol. The summed E-state index contributed by atoms with van der Waals surface area (Å²) in [5.41, 5.74) is 6.80. The molecule has 0 fully saturated rings. The van der Waals surface area contributed by atoms with E-state index in [1.165, 1.54) is 12.1 Å². The van der Waals surface area contributed by atoms with Gasteiger partial charge in [0, 0.05) is 20.6 Å². The van der Waals surface area contributed by atoms with E-state index in [0.717, 1.165) is 0 Å². The largest absolute Gasteiger partial charge is 0.324 e. The topological polar surface area (TPSA) is 26.0 Å². The van der Waals surface area contributed by atoms with Crippen molar-refractivity contribution in [2.24, 2.45) is 5.73 Å². The lowest BCUT2D eigenvalue weighted by Crippen LogP contribution is -2.15. The Hall–Kier alpha value is -0.780. The maximum Gasteiger partial charge on any atom is 0.129 e. The predicted molar refractivity (Wildman–Crippen MR) is 78.8 cm³/mol. The maximum absolute atomic E-state index is 13.8. The fourth-order valence-corrected chi connectivity index (χ4v) is 2.50. The van der Waals surface area contributed by atoms with Crippen LogP contribution in [0.15, 0.2) is 45.3 Å². The molecule has 100 valence electrons. The second kappa shape index (κ2) is 6.11. The van der Waals surface area contributed by atoms with Crippen molar-refractivity contribution in [2.45, 2.75) is 12.5 Å². The molecule has 19 heavy (non-hydrogen) atoms. The molecule has 0 aliphatic rings. The summed E-state index contributed by atoms with van der Waals surface area (Å²) in [5, 5.41) is 0. The zero-order valence-electron chi connectivity index (χ0n) is 9.84. The Bertz CT molecular complexity index is 602. The average molecular weight is 391 g/mol. The van der Waals surface area contributed by atoms with Crippen LogP contribution in [0.4, 0.5) is 8.78 Å². The maximum atomic E-state index is 13.8. The number of halogens is 4. The lowest BCUT2D eigenvalue weighted by Gasteiger charge is -2.14. The number of nitrogens with two attached hydrogens (primary N) is 1. The fraction of sp³-hybridized carbons (Fsp3) is 0.143. The quantitative estimate of drug-likeness (QED) is 0.805. The zero-order chi connectivity index (χ0) is 14.0. The van der Waals surface area contributed by atoms with E-state index in [1.807, 2.05) is 0 Å². The Morgan fingerprint density at radius 2 is 1.53 bits per heavy atom. The summed E-state index contributed by atoms with van der Waals surface area (Å²) in [6.45, 7) is 0. The summed E-state index contributed by atoms with van der Waals surface area (Å²) < 4.78 is 28.8. The Labute approximate surface area is 127 Å². The third-order valence-electron chi connectivity index (χ3n) is 2.82. The molecule has 1 nitrogen and oxygen atoms in total. The van der Waals surface area contributed by atoms with Crippen molar-refractivity contribution in [3.63, 3.8) is 0 Å². The zero-order valence-corrected chi connectivity index (χ0v) is 13.0. The van der Waals surface area contributed by atoms with Crippen LogP contribution in [0.5, 0.6) is 0 Å². The normalized spacial score (nSPS) is 12.5. The minimum absolute atomic E-state index is 0.248. The van der Waals surface area contributed by atoms with E-state index in [2.05, 4.69) is 31.9 Å². The Kier molecular flexibility index (Phi) is 4.71. The highest BCUT2D eigenvalue weighted by Gasteiger charge is 2.14. The minimum Gasteiger partial charge on any atom is -0.324 e. The molecule has 0 heterocycles. The molecule has 2 aromatic carbocycles. The van der Waals surface area contributed by atoms with Gasteiger partial charge in [-0.3, -0.25) is 0 Å². The summed E-state index contributed by atoms with van der Waals surface area (Å²) in [7, 11) is 0. The summed E-state index contributed by atoms with van der Waals surface area (Å²) >= 11 is 6.38. The van der Waals surface area contributed by atoms with E-state index >= 15 is 0 Å². The number of benzene rings is 2. The molecule has 0 radical (unpaired) electrons. The van der Waals surface area contributed by atoms with Crippen LogP contribution in [0, 0.1) is 11.6 Å². The van der Waals surface area contributed by atoms with Gasteiger partial charge in [-0.05, 0) is 36.2 Å². The first-order valence-electron chi connectivity index (χ1n) is 5.62. The van der Waals surface area contributed by atoms with Gasteiger partial charge in [0.05, 0.1) is 0 Å². The van der Waals surface area contributed by atoms with Crippen molar-refractivity contribution in [1.29, 1.82) is 0 Å². The van der Waals surface area contributed by atoms with Crippen molar-refractivity contribution in [2.75, 3.05) is 0 Å². The SMILES string of the molecule is NC(Cc1ccc(Br)cc1F)c1ccc(Br)cc1F. The van der Waals surface area contributed by atoms with Crippen LogP contribution in [0.3, 0.4) is 0 Å². The molecule has 0 aromatic heterocycles. The summed E-state index contributed by atoms with van der Waals surface area (Å²) in [6.07, 6.45) is 0.248. The highest BCUT2D eigenvalue weighted by atomic mass is 79.9. The van der Waals surface area contributed by atoms with E-state index in [9.17, 15) is 8.78 Å². The number of hydrogen-bond acceptors (Lipinski definition) is 1. The molecular formula is C14H11Br2F2N. The molecule has 0 spiro atoms. The van der Waals surface area contributed by atoms with E-state index in [-0.39, 0.29) is 18.1 Å². The van der Waals surface area contributed by atoms with Crippen LogP contribution < -0.4 is 5.73 Å². The molecule has 2 aromatic rings. The van der Waals surface area contributed by atoms with Crippen molar-refractivity contribution >= 4 is 31.9 Å². The number of rotatable bonds is 3. The molecule has 1 unspecified atom stereocenters. The first-order valence-corrected chi connectivity index (χ1v) is 7.20. The van der Waals surface area contributed by atoms with Crippen LogP contribution >= 0.6 is 31.9 Å². The molecule has 0 saturated heterocycles. The Balaban J connectivity index is 2.23. The van der Waals surface area contributed by atoms with Crippen molar-refractivity contribution in [1.82, 2.24) is 0 Å². The first kappa shape index (κ1) is 14.6. The molecule has 0 saturated carbocycles. The highest BCUT2D eigenvalue weighted by Crippen LogP contribution is 2.24. The third kappa shape index (κ3) is 3.61. The van der Waals surface area contributed by atoms with E-state index < -0.39 is 6.04 Å². The molecule has 2 rings (SSSR count). The van der Waals surface area contributed by atoms with Crippen molar-refractivity contribution < 1.29 is 8.78 Å². The first-order chi connectivity index (χ1) is 8.97. The number of hydrogen-bond donors (Lipinski definition) is 1. The minimum atomic E-state index is -0.580. The van der Waals surface area contributed by atoms with E-state index in [1.54, 1.807) is 24.3 Å². The van der Waals surface area contributed by atoms with Crippen LogP contribution in [-0.4, -0.2) is 0 Å². The molecule has 0 bridgehead atoms. The van der Waals surface area contributed by atoms with Gasteiger partial charge in [0.25, 0.3) is 0 Å². The van der Waals surface area contributed by atoms with Gasteiger partial charge >= 0.3 is 0 Å². The van der Waals surface area contributed by atoms with Crippen LogP contribution in [0.25, 0.3) is 0 Å². The van der Waals surface area contributed by atoms with Crippen molar-refractivity contribution in [3.05, 3.63) is 68.1 Å². The second-order valence-electron chi connectivity index (χ2n) is 4.21. The Morgan fingerprint density at radius 1 is 0.947 bits per heavy atom. The van der Waals surface area contributed by atoms with Crippen LogP contribution in [0.1, 0.15) is 17.2 Å². The summed E-state index contributed by atoms with van der Waals surface area (Å²) in [5.74, 6) is -0.735. The van der Waals surface area contributed by atoms with Crippen LogP contribution in [0.2, 0.25) is 0 Å². The van der Waals surface area contributed by atoms with Gasteiger partial charge in [0.2, 0.25) is 0 Å². The van der Waals surface area contributed by atoms with Gasteiger partial charge in [-0.2, -0.15) is 0 Å². The van der Waals surface area contributed by atoms with E-state index in [0.29, 0.717) is 20.1 Å². The van der Waals surface area contributed by atoms with Gasteiger partial charge in [0.15, 0.2) is 0 Å². The third-order valence-corrected chi connectivity index (χ3v) is 3.80. The van der Waals surface area contributed by atoms with Crippen molar-refractivity contribution in [3.8, 4) is 0 Å². The molecule has 0 amide bonds. The predicted octanol–water partition coefficient (Wildman–Crippen LogP) is 4.73. The van der Waals surface area contributed by atoms with Gasteiger partial charge in [0.1, 0.15) is 11.6 Å². The molecule has 0 aliphatic heterocycles. The lowest BCUT2D eigenvalue weighted by molar-refractivity contribution is 0.562. The Morgan fingerprint density at radius 3 is 2.11 bits per heavy atom. The fourth-order valence-electron chi connectivity index (χ4n) is 1.84. The monoisotopic (exact) mass is 389 g/mol. The average Bonchev–Trinajstić information content (AvgIpc) is 2.32. The lowest BCUT2D eigenvalue weighted by atomic mass is 9.99. The standard InChI is InChI=1S/C14H11Br2F2N/c15-9-2-1-8(12(17)6-9)5-14(19)11-4-3-10(16)7-13(11)18/h1-4,6-7,14H,5,19H2.